The summed E-state index contributed by atoms with van der Waals surface area (Å²) in [6.45, 7) is 5.07. The number of likely N-dealkylation sites (N-methyl/N-ethyl adjacent to an activating group) is 1. The van der Waals surface area contributed by atoms with Crippen molar-refractivity contribution in [3.63, 3.8) is 0 Å². The molecule has 1 saturated heterocycles. The average molecular weight is 496 g/mol. The highest BCUT2D eigenvalue weighted by atomic mass is 79.9. The molecular formula is C21H19BrFNO3S2. The van der Waals surface area contributed by atoms with Crippen LogP contribution in [0.3, 0.4) is 0 Å². The number of thioether (sulfide) groups is 1. The minimum Gasteiger partial charge on any atom is -0.490 e. The summed E-state index contributed by atoms with van der Waals surface area (Å²) < 4.78 is 26.0. The van der Waals surface area contributed by atoms with Crippen molar-refractivity contribution >= 4 is 56.2 Å². The van der Waals surface area contributed by atoms with Crippen LogP contribution >= 0.6 is 39.9 Å². The maximum atomic E-state index is 13.1. The van der Waals surface area contributed by atoms with Crippen LogP contribution in [0.1, 0.15) is 25.0 Å². The number of halogens is 2. The Hall–Kier alpha value is -1.90. The van der Waals surface area contributed by atoms with Crippen LogP contribution in [0.5, 0.6) is 11.5 Å². The standard InChI is InChI=1S/C21H19BrFNO3S2/c1-3-24-20(25)19(29-21(24)28)10-14-9-17(26-4-2)18(11-16(14)22)27-12-13-5-7-15(23)8-6-13/h5-11H,3-4,12H2,1-2H3/b19-10-. The molecule has 0 N–H and O–H groups in total. The third kappa shape index (κ3) is 5.18. The van der Waals surface area contributed by atoms with E-state index in [1.54, 1.807) is 29.2 Å². The Bertz CT molecular complexity index is 963. The van der Waals surface area contributed by atoms with Gasteiger partial charge in [-0.15, -0.1) is 0 Å². The summed E-state index contributed by atoms with van der Waals surface area (Å²) in [6, 6.07) is 9.78. The Morgan fingerprint density at radius 1 is 1.17 bits per heavy atom. The second-order valence-corrected chi connectivity index (χ2v) is 8.62. The zero-order chi connectivity index (χ0) is 21.0. The number of benzene rings is 2. The van der Waals surface area contributed by atoms with Crippen molar-refractivity contribution in [1.82, 2.24) is 4.90 Å². The minimum absolute atomic E-state index is 0.0935. The zero-order valence-corrected chi connectivity index (χ0v) is 19.1. The van der Waals surface area contributed by atoms with Crippen LogP contribution in [-0.2, 0) is 11.4 Å². The molecule has 1 fully saturated rings. The maximum Gasteiger partial charge on any atom is 0.266 e. The Labute approximate surface area is 187 Å². The number of ether oxygens (including phenoxy) is 2. The van der Waals surface area contributed by atoms with E-state index in [0.717, 1.165) is 15.6 Å². The van der Waals surface area contributed by atoms with E-state index >= 15 is 0 Å². The highest BCUT2D eigenvalue weighted by Gasteiger charge is 2.30. The van der Waals surface area contributed by atoms with Crippen molar-refractivity contribution < 1.29 is 18.7 Å². The summed E-state index contributed by atoms with van der Waals surface area (Å²) in [7, 11) is 0. The topological polar surface area (TPSA) is 38.8 Å². The van der Waals surface area contributed by atoms with Crippen molar-refractivity contribution in [2.75, 3.05) is 13.2 Å². The molecule has 0 saturated carbocycles. The number of hydrogen-bond acceptors (Lipinski definition) is 5. The molecule has 1 heterocycles. The molecule has 2 aromatic rings. The van der Waals surface area contributed by atoms with Gasteiger partial charge in [0.1, 0.15) is 16.7 Å². The molecule has 0 atom stereocenters. The monoisotopic (exact) mass is 495 g/mol. The summed E-state index contributed by atoms with van der Waals surface area (Å²) in [5.74, 6) is 0.740. The molecule has 1 amide bonds. The van der Waals surface area contributed by atoms with Crippen LogP contribution in [0, 0.1) is 5.82 Å². The highest BCUT2D eigenvalue weighted by molar-refractivity contribution is 9.10. The second-order valence-electron chi connectivity index (χ2n) is 6.09. The summed E-state index contributed by atoms with van der Waals surface area (Å²) >= 11 is 10.1. The zero-order valence-electron chi connectivity index (χ0n) is 15.9. The number of carbonyl (C=O) groups is 1. The van der Waals surface area contributed by atoms with E-state index in [2.05, 4.69) is 15.9 Å². The van der Waals surface area contributed by atoms with Crippen molar-refractivity contribution in [2.45, 2.75) is 20.5 Å². The van der Waals surface area contributed by atoms with E-state index < -0.39 is 0 Å². The number of carbonyl (C=O) groups excluding carboxylic acids is 1. The summed E-state index contributed by atoms with van der Waals surface area (Å²) in [4.78, 5) is 14.6. The van der Waals surface area contributed by atoms with Gasteiger partial charge >= 0.3 is 0 Å². The number of rotatable bonds is 7. The minimum atomic E-state index is -0.288. The van der Waals surface area contributed by atoms with Crippen LogP contribution in [0.2, 0.25) is 0 Å². The molecule has 0 bridgehead atoms. The molecule has 0 spiro atoms. The molecule has 1 aliphatic rings. The van der Waals surface area contributed by atoms with Crippen molar-refractivity contribution in [3.8, 4) is 11.5 Å². The molecule has 2 aromatic carbocycles. The molecule has 0 aromatic heterocycles. The van der Waals surface area contributed by atoms with Gasteiger partial charge in [-0.1, -0.05) is 52.0 Å². The summed E-state index contributed by atoms with van der Waals surface area (Å²) in [5.41, 5.74) is 1.64. The van der Waals surface area contributed by atoms with Gasteiger partial charge in [-0.2, -0.15) is 0 Å². The molecule has 3 rings (SSSR count). The number of nitrogens with zero attached hydrogens (tertiary/aromatic N) is 1. The van der Waals surface area contributed by atoms with Gasteiger partial charge in [0.05, 0.1) is 11.5 Å². The molecule has 8 heteroatoms. The molecule has 4 nitrogen and oxygen atoms in total. The lowest BCUT2D eigenvalue weighted by Gasteiger charge is -2.14. The molecule has 29 heavy (non-hydrogen) atoms. The van der Waals surface area contributed by atoms with Gasteiger partial charge in [-0.05, 0) is 55.3 Å². The fourth-order valence-corrected chi connectivity index (χ4v) is 4.51. The molecule has 1 aliphatic heterocycles. The Balaban J connectivity index is 1.86. The number of thiocarbonyl (C=S) groups is 1. The normalized spacial score (nSPS) is 15.3. The van der Waals surface area contributed by atoms with Crippen LogP contribution in [0.4, 0.5) is 4.39 Å². The first-order valence-corrected chi connectivity index (χ1v) is 11.0. The average Bonchev–Trinajstić information content (AvgIpc) is 2.97. The second kappa shape index (κ2) is 9.73. The first-order valence-electron chi connectivity index (χ1n) is 9.01. The predicted octanol–water partition coefficient (Wildman–Crippen LogP) is 5.79. The van der Waals surface area contributed by atoms with Crippen molar-refractivity contribution in [3.05, 3.63) is 62.7 Å². The van der Waals surface area contributed by atoms with Gasteiger partial charge in [0.15, 0.2) is 11.5 Å². The maximum absolute atomic E-state index is 13.1. The Morgan fingerprint density at radius 3 is 2.48 bits per heavy atom. The van der Waals surface area contributed by atoms with Crippen LogP contribution in [-0.4, -0.2) is 28.3 Å². The number of amides is 1. The van der Waals surface area contributed by atoms with Gasteiger partial charge in [0.25, 0.3) is 5.91 Å². The Morgan fingerprint density at radius 2 is 1.86 bits per heavy atom. The summed E-state index contributed by atoms with van der Waals surface area (Å²) in [6.07, 6.45) is 1.80. The van der Waals surface area contributed by atoms with Gasteiger partial charge in [0.2, 0.25) is 0 Å². The Kier molecular flexibility index (Phi) is 7.32. The van der Waals surface area contributed by atoms with Crippen molar-refractivity contribution in [2.24, 2.45) is 0 Å². The third-order valence-electron chi connectivity index (χ3n) is 4.15. The van der Waals surface area contributed by atoms with E-state index in [1.165, 1.54) is 23.9 Å². The smallest absolute Gasteiger partial charge is 0.266 e. The predicted molar refractivity (Wildman–Crippen MR) is 122 cm³/mol. The highest BCUT2D eigenvalue weighted by Crippen LogP contribution is 2.38. The van der Waals surface area contributed by atoms with Crippen LogP contribution in [0.25, 0.3) is 6.08 Å². The van der Waals surface area contributed by atoms with Gasteiger partial charge in [-0.3, -0.25) is 9.69 Å². The van der Waals surface area contributed by atoms with E-state index in [4.69, 9.17) is 21.7 Å². The largest absolute Gasteiger partial charge is 0.490 e. The lowest BCUT2D eigenvalue weighted by atomic mass is 10.1. The number of hydrogen-bond donors (Lipinski definition) is 0. The lowest BCUT2D eigenvalue weighted by Crippen LogP contribution is -2.27. The van der Waals surface area contributed by atoms with Crippen molar-refractivity contribution in [1.29, 1.82) is 0 Å². The first kappa shape index (κ1) is 21.8. The van der Waals surface area contributed by atoms with Crippen LogP contribution in [0.15, 0.2) is 45.8 Å². The van der Waals surface area contributed by atoms with Gasteiger partial charge in [0, 0.05) is 11.0 Å². The van der Waals surface area contributed by atoms with E-state index in [9.17, 15) is 9.18 Å². The fourth-order valence-electron chi connectivity index (χ4n) is 2.70. The van der Waals surface area contributed by atoms with Gasteiger partial charge in [-0.25, -0.2) is 4.39 Å². The lowest BCUT2D eigenvalue weighted by molar-refractivity contribution is -0.121. The molecule has 0 aliphatic carbocycles. The van der Waals surface area contributed by atoms with E-state index in [0.29, 0.717) is 33.9 Å². The van der Waals surface area contributed by atoms with E-state index in [-0.39, 0.29) is 18.3 Å². The van der Waals surface area contributed by atoms with Gasteiger partial charge < -0.3 is 9.47 Å². The van der Waals surface area contributed by atoms with Crippen LogP contribution < -0.4 is 9.47 Å². The summed E-state index contributed by atoms with van der Waals surface area (Å²) in [5, 5.41) is 0. The SMILES string of the molecule is CCOc1cc(/C=C2\SC(=S)N(CC)C2=O)c(Br)cc1OCc1ccc(F)cc1. The molecule has 0 radical (unpaired) electrons. The quantitative estimate of drug-likeness (QED) is 0.359. The molecular weight excluding hydrogens is 477 g/mol. The molecule has 0 unspecified atom stereocenters. The molecule has 152 valence electrons. The first-order chi connectivity index (χ1) is 13.9. The fraction of sp³-hybridized carbons (Fsp3) is 0.238. The third-order valence-corrected chi connectivity index (χ3v) is 6.21. The van der Waals surface area contributed by atoms with E-state index in [1.807, 2.05) is 19.9 Å².